The highest BCUT2D eigenvalue weighted by molar-refractivity contribution is 9.10. The van der Waals surface area contributed by atoms with Gasteiger partial charge < -0.3 is 14.6 Å². The Bertz CT molecular complexity index is 1380. The molecule has 0 aliphatic heterocycles. The van der Waals surface area contributed by atoms with Crippen molar-refractivity contribution in [2.45, 2.75) is 6.61 Å². The average molecular weight is 534 g/mol. The summed E-state index contributed by atoms with van der Waals surface area (Å²) in [5.41, 5.74) is 4.94. The van der Waals surface area contributed by atoms with Gasteiger partial charge in [0.25, 0.3) is 5.91 Å². The molecule has 8 nitrogen and oxygen atoms in total. The summed E-state index contributed by atoms with van der Waals surface area (Å²) < 4.78 is 12.1. The van der Waals surface area contributed by atoms with Gasteiger partial charge in [-0.3, -0.25) is 9.78 Å². The molecule has 1 heterocycles. The fourth-order valence-electron chi connectivity index (χ4n) is 3.17. The fourth-order valence-corrected chi connectivity index (χ4v) is 3.68. The number of carboxylic acids is 1. The van der Waals surface area contributed by atoms with E-state index in [2.05, 4.69) is 31.4 Å². The van der Waals surface area contributed by atoms with E-state index in [0.29, 0.717) is 21.5 Å². The minimum Gasteiger partial charge on any atom is -0.488 e. The minimum atomic E-state index is -0.969. The van der Waals surface area contributed by atoms with Gasteiger partial charge in [0.1, 0.15) is 23.6 Å². The quantitative estimate of drug-likeness (QED) is 0.236. The van der Waals surface area contributed by atoms with Gasteiger partial charge in [0.2, 0.25) is 0 Å². The SMILES string of the molecule is O=C(COc1cccc2cccnc12)N/N=C/c1ccc(OCc2ccc(C(=O)O)cc2)c(Br)c1. The summed E-state index contributed by atoms with van der Waals surface area (Å²) in [5, 5.41) is 13.9. The minimum absolute atomic E-state index is 0.197. The second-order valence-corrected chi connectivity index (χ2v) is 8.25. The standard InChI is InChI=1S/C26H20BrN3O5/c27-21-13-18(8-11-22(21)34-15-17-6-9-20(10-7-17)26(32)33)14-29-30-24(31)16-35-23-5-1-3-19-4-2-12-28-25(19)23/h1-14H,15-16H2,(H,30,31)(H,32,33)/b29-14+. The van der Waals surface area contributed by atoms with Crippen LogP contribution >= 0.6 is 15.9 Å². The van der Waals surface area contributed by atoms with Gasteiger partial charge in [-0.15, -0.1) is 0 Å². The Kier molecular flexibility index (Phi) is 7.69. The van der Waals surface area contributed by atoms with Gasteiger partial charge in [0.05, 0.1) is 16.3 Å². The number of aromatic carboxylic acids is 1. The van der Waals surface area contributed by atoms with E-state index in [1.54, 1.807) is 42.6 Å². The number of hydrogen-bond acceptors (Lipinski definition) is 6. The zero-order valence-corrected chi connectivity index (χ0v) is 19.9. The molecule has 1 aromatic heterocycles. The van der Waals surface area contributed by atoms with Crippen LogP contribution in [0.4, 0.5) is 0 Å². The molecule has 2 N–H and O–H groups in total. The molecule has 3 aromatic carbocycles. The van der Waals surface area contributed by atoms with Crippen LogP contribution in [0.25, 0.3) is 10.9 Å². The second kappa shape index (κ2) is 11.3. The maximum absolute atomic E-state index is 12.1. The molecule has 9 heteroatoms. The number of pyridine rings is 1. The van der Waals surface area contributed by atoms with E-state index in [-0.39, 0.29) is 18.8 Å². The number of halogens is 1. The number of hydrazone groups is 1. The van der Waals surface area contributed by atoms with Crippen LogP contribution in [0.1, 0.15) is 21.5 Å². The third-order valence-corrected chi connectivity index (χ3v) is 5.53. The number of aromatic nitrogens is 1. The maximum Gasteiger partial charge on any atom is 0.335 e. The molecule has 0 fully saturated rings. The topological polar surface area (TPSA) is 110 Å². The van der Waals surface area contributed by atoms with Crippen LogP contribution in [0.3, 0.4) is 0 Å². The number of ether oxygens (including phenoxy) is 2. The average Bonchev–Trinajstić information content (AvgIpc) is 2.87. The Morgan fingerprint density at radius 3 is 2.57 bits per heavy atom. The molecule has 0 spiro atoms. The Hall–Kier alpha value is -4.24. The molecular formula is C26H20BrN3O5. The van der Waals surface area contributed by atoms with Crippen molar-refractivity contribution in [3.05, 3.63) is 100 Å². The Balaban J connectivity index is 1.27. The molecule has 35 heavy (non-hydrogen) atoms. The molecular weight excluding hydrogens is 514 g/mol. The van der Waals surface area contributed by atoms with Crippen LogP contribution in [0.5, 0.6) is 11.5 Å². The monoisotopic (exact) mass is 533 g/mol. The second-order valence-electron chi connectivity index (χ2n) is 7.39. The lowest BCUT2D eigenvalue weighted by Gasteiger charge is -2.09. The number of carboxylic acid groups (broad SMARTS) is 1. The van der Waals surface area contributed by atoms with Crippen LogP contribution in [-0.4, -0.2) is 34.8 Å². The fraction of sp³-hybridized carbons (Fsp3) is 0.0769. The third kappa shape index (κ3) is 6.42. The normalized spacial score (nSPS) is 10.9. The molecule has 0 saturated heterocycles. The number of hydrogen-bond donors (Lipinski definition) is 2. The van der Waals surface area contributed by atoms with E-state index in [1.165, 1.54) is 18.3 Å². The number of fused-ring (bicyclic) bond motifs is 1. The maximum atomic E-state index is 12.1. The summed E-state index contributed by atoms with van der Waals surface area (Å²) in [5.74, 6) is -0.226. The van der Waals surface area contributed by atoms with E-state index in [9.17, 15) is 9.59 Å². The Labute approximate surface area is 209 Å². The predicted octanol–water partition coefficient (Wildman–Crippen LogP) is 4.80. The van der Waals surface area contributed by atoms with Gasteiger partial charge in [-0.25, -0.2) is 10.2 Å². The van der Waals surface area contributed by atoms with Crippen LogP contribution in [-0.2, 0) is 11.4 Å². The predicted molar refractivity (Wildman–Crippen MR) is 135 cm³/mol. The summed E-state index contributed by atoms with van der Waals surface area (Å²) >= 11 is 3.47. The first-order chi connectivity index (χ1) is 17.0. The van der Waals surface area contributed by atoms with Gasteiger partial charge in [-0.2, -0.15) is 5.10 Å². The highest BCUT2D eigenvalue weighted by Crippen LogP contribution is 2.26. The highest BCUT2D eigenvalue weighted by atomic mass is 79.9. The largest absolute Gasteiger partial charge is 0.488 e. The molecule has 0 unspecified atom stereocenters. The molecule has 176 valence electrons. The number of carbonyl (C=O) groups is 2. The molecule has 4 rings (SSSR count). The zero-order chi connectivity index (χ0) is 24.6. The number of carbonyl (C=O) groups excluding carboxylic acids is 1. The molecule has 0 atom stereocenters. The van der Waals surface area contributed by atoms with Crippen molar-refractivity contribution in [3.63, 3.8) is 0 Å². The lowest BCUT2D eigenvalue weighted by Crippen LogP contribution is -2.24. The van der Waals surface area contributed by atoms with Crippen molar-refractivity contribution in [3.8, 4) is 11.5 Å². The molecule has 1 amide bonds. The van der Waals surface area contributed by atoms with Gasteiger partial charge in [-0.05, 0) is 69.5 Å². The summed E-state index contributed by atoms with van der Waals surface area (Å²) in [7, 11) is 0. The van der Waals surface area contributed by atoms with E-state index < -0.39 is 11.9 Å². The van der Waals surface area contributed by atoms with E-state index >= 15 is 0 Å². The summed E-state index contributed by atoms with van der Waals surface area (Å²) in [6.45, 7) is 0.0884. The van der Waals surface area contributed by atoms with Crippen molar-refractivity contribution < 1.29 is 24.2 Å². The third-order valence-electron chi connectivity index (χ3n) is 4.91. The molecule has 0 radical (unpaired) electrons. The lowest BCUT2D eigenvalue weighted by atomic mass is 10.1. The Morgan fingerprint density at radius 1 is 1.00 bits per heavy atom. The molecule has 0 bridgehead atoms. The lowest BCUT2D eigenvalue weighted by molar-refractivity contribution is -0.123. The van der Waals surface area contributed by atoms with Gasteiger partial charge in [0, 0.05) is 11.6 Å². The van der Waals surface area contributed by atoms with Gasteiger partial charge in [-0.1, -0.05) is 30.3 Å². The number of benzene rings is 3. The number of rotatable bonds is 9. The van der Waals surface area contributed by atoms with E-state index in [4.69, 9.17) is 14.6 Å². The van der Waals surface area contributed by atoms with Crippen LogP contribution in [0.15, 0.2) is 88.6 Å². The first kappa shape index (κ1) is 23.9. The number of amides is 1. The Morgan fingerprint density at radius 2 is 1.80 bits per heavy atom. The molecule has 0 aliphatic carbocycles. The van der Waals surface area contributed by atoms with Crippen molar-refractivity contribution >= 4 is 44.9 Å². The van der Waals surface area contributed by atoms with Crippen molar-refractivity contribution in [2.24, 2.45) is 5.10 Å². The van der Waals surface area contributed by atoms with E-state index in [1.807, 2.05) is 24.3 Å². The first-order valence-corrected chi connectivity index (χ1v) is 11.3. The van der Waals surface area contributed by atoms with Crippen molar-refractivity contribution in [1.29, 1.82) is 0 Å². The van der Waals surface area contributed by atoms with Gasteiger partial charge >= 0.3 is 5.97 Å². The number of nitrogens with one attached hydrogen (secondary N) is 1. The number of nitrogens with zero attached hydrogens (tertiary/aromatic N) is 2. The molecule has 0 aliphatic rings. The van der Waals surface area contributed by atoms with Crippen LogP contribution < -0.4 is 14.9 Å². The van der Waals surface area contributed by atoms with Gasteiger partial charge in [0.15, 0.2) is 6.61 Å². The summed E-state index contributed by atoms with van der Waals surface area (Å²) in [6.07, 6.45) is 3.18. The van der Waals surface area contributed by atoms with Crippen molar-refractivity contribution in [1.82, 2.24) is 10.4 Å². The smallest absolute Gasteiger partial charge is 0.335 e. The van der Waals surface area contributed by atoms with Crippen LogP contribution in [0.2, 0.25) is 0 Å². The van der Waals surface area contributed by atoms with Crippen LogP contribution in [0, 0.1) is 0 Å². The summed E-state index contributed by atoms with van der Waals surface area (Å²) in [6, 6.07) is 21.2. The zero-order valence-electron chi connectivity index (χ0n) is 18.3. The first-order valence-electron chi connectivity index (χ1n) is 10.5. The van der Waals surface area contributed by atoms with E-state index in [0.717, 1.165) is 16.5 Å². The van der Waals surface area contributed by atoms with Crippen molar-refractivity contribution in [2.75, 3.05) is 6.61 Å². The summed E-state index contributed by atoms with van der Waals surface area (Å²) in [4.78, 5) is 27.3. The highest BCUT2D eigenvalue weighted by Gasteiger charge is 2.07. The molecule has 0 saturated carbocycles. The molecule has 4 aromatic rings. The number of para-hydroxylation sites is 1.